The lowest BCUT2D eigenvalue weighted by Gasteiger charge is -2.24. The van der Waals surface area contributed by atoms with Crippen LogP contribution in [0.4, 0.5) is 13.2 Å². The Bertz CT molecular complexity index is 420. The molecule has 0 radical (unpaired) electrons. The fourth-order valence-electron chi connectivity index (χ4n) is 2.28. The van der Waals surface area contributed by atoms with Crippen molar-refractivity contribution in [2.75, 3.05) is 26.2 Å². The molecule has 1 aromatic carbocycles. The van der Waals surface area contributed by atoms with E-state index in [1.165, 1.54) is 6.07 Å². The first-order valence-corrected chi connectivity index (χ1v) is 7.14. The maximum Gasteiger partial charge on any atom is 0.194 e. The van der Waals surface area contributed by atoms with Crippen molar-refractivity contribution < 1.29 is 13.2 Å². The van der Waals surface area contributed by atoms with E-state index < -0.39 is 17.5 Å². The van der Waals surface area contributed by atoms with Gasteiger partial charge in [-0.25, -0.2) is 13.2 Å². The number of hydrogen-bond acceptors (Lipinski definition) is 2. The third-order valence-corrected chi connectivity index (χ3v) is 3.52. The van der Waals surface area contributed by atoms with Gasteiger partial charge >= 0.3 is 0 Å². The SMILES string of the molecule is CCNC(CCN(CC)CC)c1ccc(F)c(F)c1F. The normalized spacial score (nSPS) is 12.9. The smallest absolute Gasteiger partial charge is 0.194 e. The van der Waals surface area contributed by atoms with Crippen molar-refractivity contribution in [3.05, 3.63) is 35.1 Å². The van der Waals surface area contributed by atoms with Crippen LogP contribution >= 0.6 is 0 Å². The highest BCUT2D eigenvalue weighted by Crippen LogP contribution is 2.24. The molecule has 0 aliphatic heterocycles. The summed E-state index contributed by atoms with van der Waals surface area (Å²) in [6, 6.07) is 1.99. The first-order valence-electron chi connectivity index (χ1n) is 7.14. The predicted molar refractivity (Wildman–Crippen MR) is 75.1 cm³/mol. The Morgan fingerprint density at radius 3 is 2.25 bits per heavy atom. The van der Waals surface area contributed by atoms with E-state index in [0.29, 0.717) is 13.0 Å². The molecule has 0 aliphatic rings. The molecule has 0 bridgehead atoms. The van der Waals surface area contributed by atoms with Crippen LogP contribution in [-0.2, 0) is 0 Å². The number of rotatable bonds is 8. The van der Waals surface area contributed by atoms with Gasteiger partial charge in [0.1, 0.15) is 0 Å². The summed E-state index contributed by atoms with van der Waals surface area (Å²) in [6.07, 6.45) is 0.650. The summed E-state index contributed by atoms with van der Waals surface area (Å²) >= 11 is 0. The van der Waals surface area contributed by atoms with Crippen molar-refractivity contribution in [1.29, 1.82) is 0 Å². The fourth-order valence-corrected chi connectivity index (χ4v) is 2.28. The van der Waals surface area contributed by atoms with Gasteiger partial charge in [-0.2, -0.15) is 0 Å². The first kappa shape index (κ1) is 17.0. The Labute approximate surface area is 119 Å². The maximum atomic E-state index is 13.9. The van der Waals surface area contributed by atoms with Crippen molar-refractivity contribution in [3.63, 3.8) is 0 Å². The number of halogens is 3. The van der Waals surface area contributed by atoms with Gasteiger partial charge in [-0.05, 0) is 38.7 Å². The van der Waals surface area contributed by atoms with E-state index in [-0.39, 0.29) is 11.6 Å². The third kappa shape index (κ3) is 4.21. The zero-order chi connectivity index (χ0) is 15.1. The standard InChI is InChI=1S/C15H23F3N2/c1-4-19-13(9-10-20(5-2)6-3)11-7-8-12(16)15(18)14(11)17/h7-8,13,19H,4-6,9-10H2,1-3H3. The quantitative estimate of drug-likeness (QED) is 0.737. The molecule has 1 atom stereocenters. The molecule has 0 spiro atoms. The molecule has 0 aromatic heterocycles. The van der Waals surface area contributed by atoms with Crippen molar-refractivity contribution in [1.82, 2.24) is 10.2 Å². The van der Waals surface area contributed by atoms with Gasteiger partial charge in [0.05, 0.1) is 0 Å². The Kier molecular flexibility index (Phi) is 7.02. The summed E-state index contributed by atoms with van der Waals surface area (Å²) in [5.74, 6) is -3.63. The molecule has 1 aromatic rings. The van der Waals surface area contributed by atoms with Gasteiger partial charge in [-0.1, -0.05) is 26.8 Å². The Balaban J connectivity index is 2.88. The van der Waals surface area contributed by atoms with Crippen LogP contribution in [0.5, 0.6) is 0 Å². The first-order chi connectivity index (χ1) is 9.54. The summed E-state index contributed by atoms with van der Waals surface area (Å²) in [7, 11) is 0. The van der Waals surface area contributed by atoms with Crippen LogP contribution in [0, 0.1) is 17.5 Å². The molecule has 0 aliphatic carbocycles. The van der Waals surface area contributed by atoms with Gasteiger partial charge in [-0.3, -0.25) is 0 Å². The van der Waals surface area contributed by atoms with Crippen LogP contribution in [0.2, 0.25) is 0 Å². The van der Waals surface area contributed by atoms with E-state index in [1.807, 2.05) is 6.92 Å². The van der Waals surface area contributed by atoms with E-state index in [9.17, 15) is 13.2 Å². The van der Waals surface area contributed by atoms with Gasteiger partial charge < -0.3 is 10.2 Å². The molecular formula is C15H23F3N2. The average molecular weight is 288 g/mol. The van der Waals surface area contributed by atoms with Crippen LogP contribution in [0.3, 0.4) is 0 Å². The van der Waals surface area contributed by atoms with Gasteiger partial charge in [0.2, 0.25) is 0 Å². The highest BCUT2D eigenvalue weighted by molar-refractivity contribution is 5.23. The van der Waals surface area contributed by atoms with Gasteiger partial charge in [0.15, 0.2) is 17.5 Å². The number of hydrogen-bond donors (Lipinski definition) is 1. The van der Waals surface area contributed by atoms with E-state index in [1.54, 1.807) is 0 Å². The van der Waals surface area contributed by atoms with E-state index >= 15 is 0 Å². The molecule has 0 saturated heterocycles. The second-order valence-corrected chi connectivity index (χ2v) is 4.69. The second-order valence-electron chi connectivity index (χ2n) is 4.69. The number of nitrogens with zero attached hydrogens (tertiary/aromatic N) is 1. The number of benzene rings is 1. The monoisotopic (exact) mass is 288 g/mol. The predicted octanol–water partition coefficient (Wildman–Crippen LogP) is 3.49. The molecule has 1 N–H and O–H groups in total. The topological polar surface area (TPSA) is 15.3 Å². The lowest BCUT2D eigenvalue weighted by atomic mass is 10.0. The number of nitrogens with one attached hydrogen (secondary N) is 1. The molecule has 0 amide bonds. The molecule has 1 rings (SSSR count). The summed E-state index contributed by atoms with van der Waals surface area (Å²) in [5.41, 5.74) is 0.193. The maximum absolute atomic E-state index is 13.9. The van der Waals surface area contributed by atoms with Crippen molar-refractivity contribution in [3.8, 4) is 0 Å². The summed E-state index contributed by atoms with van der Waals surface area (Å²) in [4.78, 5) is 2.21. The average Bonchev–Trinajstić information content (AvgIpc) is 2.45. The Morgan fingerprint density at radius 2 is 1.70 bits per heavy atom. The minimum absolute atomic E-state index is 0.193. The van der Waals surface area contributed by atoms with Gasteiger partial charge in [0, 0.05) is 11.6 Å². The molecule has 114 valence electrons. The highest BCUT2D eigenvalue weighted by Gasteiger charge is 2.20. The lowest BCUT2D eigenvalue weighted by molar-refractivity contribution is 0.280. The zero-order valence-corrected chi connectivity index (χ0v) is 12.3. The van der Waals surface area contributed by atoms with E-state index in [2.05, 4.69) is 24.1 Å². The minimum atomic E-state index is -1.40. The molecule has 20 heavy (non-hydrogen) atoms. The highest BCUT2D eigenvalue weighted by atomic mass is 19.2. The Hall–Kier alpha value is -1.07. The minimum Gasteiger partial charge on any atom is -0.310 e. The molecule has 1 unspecified atom stereocenters. The van der Waals surface area contributed by atoms with Crippen LogP contribution in [-0.4, -0.2) is 31.1 Å². The molecular weight excluding hydrogens is 265 g/mol. The molecule has 0 fully saturated rings. The van der Waals surface area contributed by atoms with Gasteiger partial charge in [-0.15, -0.1) is 0 Å². The third-order valence-electron chi connectivity index (χ3n) is 3.52. The molecule has 2 nitrogen and oxygen atoms in total. The fraction of sp³-hybridized carbons (Fsp3) is 0.600. The summed E-state index contributed by atoms with van der Waals surface area (Å²) < 4.78 is 40.2. The summed E-state index contributed by atoms with van der Waals surface area (Å²) in [5, 5.41) is 3.13. The second kappa shape index (κ2) is 8.27. The van der Waals surface area contributed by atoms with Crippen molar-refractivity contribution in [2.24, 2.45) is 0 Å². The van der Waals surface area contributed by atoms with Crippen molar-refractivity contribution >= 4 is 0 Å². The Morgan fingerprint density at radius 1 is 1.05 bits per heavy atom. The zero-order valence-electron chi connectivity index (χ0n) is 12.3. The van der Waals surface area contributed by atoms with Crippen molar-refractivity contribution in [2.45, 2.75) is 33.2 Å². The van der Waals surface area contributed by atoms with E-state index in [0.717, 1.165) is 25.7 Å². The largest absolute Gasteiger partial charge is 0.310 e. The van der Waals surface area contributed by atoms with Crippen LogP contribution in [0.15, 0.2) is 12.1 Å². The van der Waals surface area contributed by atoms with E-state index in [4.69, 9.17) is 0 Å². The van der Waals surface area contributed by atoms with Gasteiger partial charge in [0.25, 0.3) is 0 Å². The molecule has 0 heterocycles. The molecule has 0 saturated carbocycles. The summed E-state index contributed by atoms with van der Waals surface area (Å²) in [6.45, 7) is 9.27. The lowest BCUT2D eigenvalue weighted by Crippen LogP contribution is -2.30. The molecule has 5 heteroatoms. The van der Waals surface area contributed by atoms with Crippen LogP contribution < -0.4 is 5.32 Å². The van der Waals surface area contributed by atoms with Crippen LogP contribution in [0.25, 0.3) is 0 Å². The van der Waals surface area contributed by atoms with Crippen LogP contribution in [0.1, 0.15) is 38.8 Å².